The Bertz CT molecular complexity index is 368. The first-order valence-electron chi connectivity index (χ1n) is 8.90. The highest BCUT2D eigenvalue weighted by atomic mass is 16.4. The van der Waals surface area contributed by atoms with E-state index in [9.17, 15) is 20.1 Å². The largest absolute Gasteiger partial charge is 0.481 e. The van der Waals surface area contributed by atoms with Crippen LogP contribution in [0.1, 0.15) is 64.7 Å². The molecule has 0 radical (unpaired) electrons. The number of aliphatic hydroxyl groups is 3. The Kier molecular flexibility index (Phi) is 9.44. The molecule has 5 atom stereocenters. The molecule has 23 heavy (non-hydrogen) atoms. The van der Waals surface area contributed by atoms with Gasteiger partial charge in [-0.25, -0.2) is 0 Å². The number of carboxylic acid groups (broad SMARTS) is 1. The van der Waals surface area contributed by atoms with E-state index >= 15 is 0 Å². The minimum absolute atomic E-state index is 0.0688. The first-order valence-corrected chi connectivity index (χ1v) is 8.90. The summed E-state index contributed by atoms with van der Waals surface area (Å²) in [5.41, 5.74) is 0. The van der Waals surface area contributed by atoms with Gasteiger partial charge in [0, 0.05) is 18.8 Å². The summed E-state index contributed by atoms with van der Waals surface area (Å²) in [7, 11) is 0. The van der Waals surface area contributed by atoms with Crippen LogP contribution in [0.15, 0.2) is 12.2 Å². The molecule has 1 aliphatic rings. The Hall–Kier alpha value is -0.910. The van der Waals surface area contributed by atoms with Crippen LogP contribution < -0.4 is 0 Å². The standard InChI is InChI=1S/C18H32O5/c1-2-14-15(17(21)12-16(14)20)11-10-13(19)8-6-4-3-5-7-9-18(22)23/h10-11,13-17,19-21H,2-9,12H2,1H3,(H,22,23)/b11-10+/t13-,14-,15+,16+,17+/m1/s1. The van der Waals surface area contributed by atoms with Gasteiger partial charge in [0.15, 0.2) is 0 Å². The van der Waals surface area contributed by atoms with Crippen molar-refractivity contribution in [3.63, 3.8) is 0 Å². The number of rotatable bonds is 11. The minimum atomic E-state index is -0.741. The highest BCUT2D eigenvalue weighted by Gasteiger charge is 2.38. The molecule has 0 aromatic rings. The molecule has 0 amide bonds. The fourth-order valence-electron chi connectivity index (χ4n) is 3.45. The van der Waals surface area contributed by atoms with Crippen LogP contribution in [0, 0.1) is 11.8 Å². The van der Waals surface area contributed by atoms with Crippen molar-refractivity contribution in [3.8, 4) is 0 Å². The molecule has 1 fully saturated rings. The predicted molar refractivity (Wildman–Crippen MR) is 89.0 cm³/mol. The molecule has 0 aromatic heterocycles. The summed E-state index contributed by atoms with van der Waals surface area (Å²) in [5, 5.41) is 38.4. The van der Waals surface area contributed by atoms with Crippen LogP contribution in [0.4, 0.5) is 0 Å². The SMILES string of the molecule is CC[C@@H]1[C@H](/C=C/[C@H](O)CCCCCCCC(=O)O)[C@@H](O)C[C@@H]1O. The lowest BCUT2D eigenvalue weighted by Gasteiger charge is -2.19. The number of aliphatic hydroxyl groups excluding tert-OH is 3. The predicted octanol–water partition coefficient (Wildman–Crippen LogP) is 2.49. The van der Waals surface area contributed by atoms with Gasteiger partial charge >= 0.3 is 5.97 Å². The molecule has 1 aliphatic carbocycles. The number of unbranched alkanes of at least 4 members (excludes halogenated alkanes) is 4. The van der Waals surface area contributed by atoms with Gasteiger partial charge < -0.3 is 20.4 Å². The Morgan fingerprint density at radius 3 is 2.43 bits per heavy atom. The van der Waals surface area contributed by atoms with Gasteiger partial charge in [-0.1, -0.05) is 51.2 Å². The number of hydrogen-bond acceptors (Lipinski definition) is 4. The summed E-state index contributed by atoms with van der Waals surface area (Å²) in [6, 6.07) is 0. The molecule has 5 nitrogen and oxygen atoms in total. The van der Waals surface area contributed by atoms with Crippen LogP contribution in [0.2, 0.25) is 0 Å². The Balaban J connectivity index is 2.18. The number of hydrogen-bond donors (Lipinski definition) is 4. The van der Waals surface area contributed by atoms with Crippen LogP contribution in [0.3, 0.4) is 0 Å². The molecule has 0 aliphatic heterocycles. The van der Waals surface area contributed by atoms with Crippen molar-refractivity contribution in [2.24, 2.45) is 11.8 Å². The van der Waals surface area contributed by atoms with E-state index in [0.29, 0.717) is 12.8 Å². The first kappa shape index (κ1) is 20.1. The van der Waals surface area contributed by atoms with E-state index in [1.807, 2.05) is 13.0 Å². The molecule has 0 heterocycles. The van der Waals surface area contributed by atoms with Gasteiger partial charge in [0.05, 0.1) is 18.3 Å². The van der Waals surface area contributed by atoms with Crippen molar-refractivity contribution in [2.75, 3.05) is 0 Å². The number of carbonyl (C=O) groups is 1. The van der Waals surface area contributed by atoms with Gasteiger partial charge in [0.1, 0.15) is 0 Å². The summed E-state index contributed by atoms with van der Waals surface area (Å²) < 4.78 is 0. The van der Waals surface area contributed by atoms with Gasteiger partial charge in [-0.3, -0.25) is 4.79 Å². The summed E-state index contributed by atoms with van der Waals surface area (Å²) in [6.45, 7) is 2.01. The van der Waals surface area contributed by atoms with Gasteiger partial charge in [-0.05, 0) is 18.8 Å². The Morgan fingerprint density at radius 2 is 1.78 bits per heavy atom. The van der Waals surface area contributed by atoms with Crippen molar-refractivity contribution < 1.29 is 25.2 Å². The lowest BCUT2D eigenvalue weighted by atomic mass is 9.90. The molecule has 0 unspecified atom stereocenters. The highest BCUT2D eigenvalue weighted by Crippen LogP contribution is 2.35. The highest BCUT2D eigenvalue weighted by molar-refractivity contribution is 5.66. The van der Waals surface area contributed by atoms with Gasteiger partial charge in [-0.15, -0.1) is 0 Å². The molecule has 5 heteroatoms. The van der Waals surface area contributed by atoms with Gasteiger partial charge in [0.25, 0.3) is 0 Å². The maximum absolute atomic E-state index is 10.4. The van der Waals surface area contributed by atoms with E-state index in [4.69, 9.17) is 5.11 Å². The average Bonchev–Trinajstić information content (AvgIpc) is 2.76. The zero-order valence-electron chi connectivity index (χ0n) is 14.1. The monoisotopic (exact) mass is 328 g/mol. The maximum Gasteiger partial charge on any atom is 0.303 e. The quantitative estimate of drug-likeness (QED) is 0.345. The smallest absolute Gasteiger partial charge is 0.303 e. The number of aliphatic carboxylic acids is 1. The van der Waals surface area contributed by atoms with E-state index in [2.05, 4.69) is 0 Å². The Labute approximate surface area is 139 Å². The van der Waals surface area contributed by atoms with Crippen molar-refractivity contribution >= 4 is 5.97 Å². The third-order valence-corrected chi connectivity index (χ3v) is 4.83. The Morgan fingerprint density at radius 1 is 1.13 bits per heavy atom. The van der Waals surface area contributed by atoms with Crippen LogP contribution in [0.25, 0.3) is 0 Å². The molecular formula is C18H32O5. The van der Waals surface area contributed by atoms with E-state index in [1.165, 1.54) is 0 Å². The van der Waals surface area contributed by atoms with Crippen molar-refractivity contribution in [2.45, 2.75) is 83.0 Å². The third-order valence-electron chi connectivity index (χ3n) is 4.83. The minimum Gasteiger partial charge on any atom is -0.481 e. The maximum atomic E-state index is 10.4. The molecule has 0 aromatic carbocycles. The zero-order valence-corrected chi connectivity index (χ0v) is 14.1. The summed E-state index contributed by atoms with van der Waals surface area (Å²) >= 11 is 0. The van der Waals surface area contributed by atoms with Crippen LogP contribution in [-0.2, 0) is 4.79 Å². The van der Waals surface area contributed by atoms with E-state index in [-0.39, 0.29) is 18.3 Å². The zero-order chi connectivity index (χ0) is 17.2. The first-order chi connectivity index (χ1) is 11.0. The van der Waals surface area contributed by atoms with E-state index in [0.717, 1.165) is 38.5 Å². The fourth-order valence-corrected chi connectivity index (χ4v) is 3.45. The second kappa shape index (κ2) is 10.8. The van der Waals surface area contributed by atoms with Crippen LogP contribution >= 0.6 is 0 Å². The number of carboxylic acids is 1. The molecule has 4 N–H and O–H groups in total. The molecular weight excluding hydrogens is 296 g/mol. The molecule has 0 bridgehead atoms. The fraction of sp³-hybridized carbons (Fsp3) is 0.833. The molecule has 0 spiro atoms. The van der Waals surface area contributed by atoms with Gasteiger partial charge in [-0.2, -0.15) is 0 Å². The van der Waals surface area contributed by atoms with E-state index in [1.54, 1.807) is 6.08 Å². The molecule has 134 valence electrons. The van der Waals surface area contributed by atoms with Crippen molar-refractivity contribution in [3.05, 3.63) is 12.2 Å². The molecule has 0 saturated heterocycles. The lowest BCUT2D eigenvalue weighted by molar-refractivity contribution is -0.137. The van der Waals surface area contributed by atoms with Crippen molar-refractivity contribution in [1.82, 2.24) is 0 Å². The van der Waals surface area contributed by atoms with Crippen LogP contribution in [-0.4, -0.2) is 44.7 Å². The normalized spacial score (nSPS) is 29.2. The second-order valence-corrected chi connectivity index (χ2v) is 6.67. The van der Waals surface area contributed by atoms with Gasteiger partial charge in [0.2, 0.25) is 0 Å². The third kappa shape index (κ3) is 7.46. The second-order valence-electron chi connectivity index (χ2n) is 6.67. The lowest BCUT2D eigenvalue weighted by Crippen LogP contribution is -2.20. The van der Waals surface area contributed by atoms with Crippen molar-refractivity contribution in [1.29, 1.82) is 0 Å². The van der Waals surface area contributed by atoms with E-state index < -0.39 is 24.3 Å². The summed E-state index contributed by atoms with van der Waals surface area (Å²) in [4.78, 5) is 10.4. The molecule has 1 rings (SSSR count). The van der Waals surface area contributed by atoms with Crippen LogP contribution in [0.5, 0.6) is 0 Å². The average molecular weight is 328 g/mol. The molecule has 1 saturated carbocycles. The summed E-state index contributed by atoms with van der Waals surface area (Å²) in [5.74, 6) is -0.737. The topological polar surface area (TPSA) is 98.0 Å². The summed E-state index contributed by atoms with van der Waals surface area (Å²) in [6.07, 6.45) is 8.81.